The molecule has 1 aromatic carbocycles. The summed E-state index contributed by atoms with van der Waals surface area (Å²) in [5, 5.41) is 2.53. The van der Waals surface area contributed by atoms with Crippen LogP contribution in [-0.2, 0) is 7.05 Å². The highest BCUT2D eigenvalue weighted by Crippen LogP contribution is 2.32. The molecular formula is C17H19N3. The Morgan fingerprint density at radius 1 is 0.950 bits per heavy atom. The molecule has 1 aliphatic rings. The van der Waals surface area contributed by atoms with Gasteiger partial charge < -0.3 is 9.47 Å². The van der Waals surface area contributed by atoms with Gasteiger partial charge in [0, 0.05) is 37.1 Å². The number of fused-ring (bicyclic) bond motifs is 3. The number of rotatable bonds is 1. The van der Waals surface area contributed by atoms with Gasteiger partial charge >= 0.3 is 0 Å². The maximum Gasteiger partial charge on any atom is 0.138 e. The first-order valence-corrected chi connectivity index (χ1v) is 7.43. The summed E-state index contributed by atoms with van der Waals surface area (Å²) in [5.74, 6) is 1.17. The zero-order chi connectivity index (χ0) is 13.5. The molecule has 0 bridgehead atoms. The number of nitrogens with zero attached hydrogens (tertiary/aromatic N) is 3. The van der Waals surface area contributed by atoms with E-state index in [9.17, 15) is 0 Å². The molecule has 1 aliphatic heterocycles. The standard InChI is InChI=1S/C17H19N3/c1-19-12-9-14-16(19)13-7-3-4-8-15(13)18-17(14)20-10-5-2-6-11-20/h3-4,7-9,12H,2,5-6,10-11H2,1H3. The first-order chi connectivity index (χ1) is 9.84. The lowest BCUT2D eigenvalue weighted by Crippen LogP contribution is -2.30. The number of para-hydroxylation sites is 1. The molecule has 0 saturated carbocycles. The monoisotopic (exact) mass is 265 g/mol. The van der Waals surface area contributed by atoms with Crippen molar-refractivity contribution in [1.82, 2.24) is 9.55 Å². The Bertz CT molecular complexity index is 766. The Labute approximate surface area is 118 Å². The zero-order valence-corrected chi connectivity index (χ0v) is 11.8. The summed E-state index contributed by atoms with van der Waals surface area (Å²) in [5.41, 5.74) is 2.40. The molecule has 4 rings (SSSR count). The van der Waals surface area contributed by atoms with Gasteiger partial charge in [-0.2, -0.15) is 0 Å². The summed E-state index contributed by atoms with van der Waals surface area (Å²) in [7, 11) is 2.12. The van der Waals surface area contributed by atoms with Crippen LogP contribution in [-0.4, -0.2) is 22.6 Å². The predicted molar refractivity (Wildman–Crippen MR) is 84.3 cm³/mol. The lowest BCUT2D eigenvalue weighted by Gasteiger charge is -2.28. The molecule has 20 heavy (non-hydrogen) atoms. The van der Waals surface area contributed by atoms with Crippen LogP contribution in [0, 0.1) is 0 Å². The molecule has 3 heteroatoms. The molecule has 0 atom stereocenters. The maximum absolute atomic E-state index is 4.95. The van der Waals surface area contributed by atoms with Gasteiger partial charge in [0.1, 0.15) is 5.82 Å². The number of anilines is 1. The predicted octanol–water partition coefficient (Wildman–Crippen LogP) is 3.72. The summed E-state index contributed by atoms with van der Waals surface area (Å²) < 4.78 is 2.22. The molecule has 102 valence electrons. The number of hydrogen-bond acceptors (Lipinski definition) is 2. The topological polar surface area (TPSA) is 21.1 Å². The lowest BCUT2D eigenvalue weighted by atomic mass is 10.1. The van der Waals surface area contributed by atoms with Gasteiger partial charge in [-0.25, -0.2) is 4.98 Å². The van der Waals surface area contributed by atoms with E-state index < -0.39 is 0 Å². The Kier molecular flexibility index (Phi) is 2.66. The SMILES string of the molecule is Cn1ccc2c(N3CCCCC3)nc3ccccc3c21. The molecule has 1 saturated heterocycles. The van der Waals surface area contributed by atoms with Crippen molar-refractivity contribution in [3.8, 4) is 0 Å². The van der Waals surface area contributed by atoms with Crippen molar-refractivity contribution in [3.05, 3.63) is 36.5 Å². The number of benzene rings is 1. The van der Waals surface area contributed by atoms with E-state index in [2.05, 4.69) is 53.0 Å². The number of piperidine rings is 1. The van der Waals surface area contributed by atoms with Crippen LogP contribution in [0.3, 0.4) is 0 Å². The van der Waals surface area contributed by atoms with Gasteiger partial charge in [-0.3, -0.25) is 0 Å². The molecule has 0 unspecified atom stereocenters. The van der Waals surface area contributed by atoms with Crippen molar-refractivity contribution in [3.63, 3.8) is 0 Å². The molecule has 2 aromatic heterocycles. The van der Waals surface area contributed by atoms with Crippen LogP contribution in [0.2, 0.25) is 0 Å². The van der Waals surface area contributed by atoms with E-state index in [0.717, 1.165) is 18.6 Å². The van der Waals surface area contributed by atoms with Crippen LogP contribution in [0.4, 0.5) is 5.82 Å². The van der Waals surface area contributed by atoms with Crippen LogP contribution >= 0.6 is 0 Å². The second-order valence-electron chi connectivity index (χ2n) is 5.69. The molecule has 0 radical (unpaired) electrons. The molecule has 3 aromatic rings. The minimum atomic E-state index is 1.10. The van der Waals surface area contributed by atoms with Crippen molar-refractivity contribution in [2.45, 2.75) is 19.3 Å². The van der Waals surface area contributed by atoms with Crippen LogP contribution < -0.4 is 4.90 Å². The summed E-state index contributed by atoms with van der Waals surface area (Å²) in [6, 6.07) is 10.7. The molecule has 0 spiro atoms. The number of aryl methyl sites for hydroxylation is 1. The van der Waals surface area contributed by atoms with Crippen LogP contribution in [0.15, 0.2) is 36.5 Å². The highest BCUT2D eigenvalue weighted by Gasteiger charge is 2.18. The number of pyridine rings is 1. The van der Waals surface area contributed by atoms with E-state index >= 15 is 0 Å². The van der Waals surface area contributed by atoms with Gasteiger partial charge in [-0.15, -0.1) is 0 Å². The molecule has 3 nitrogen and oxygen atoms in total. The zero-order valence-electron chi connectivity index (χ0n) is 11.8. The highest BCUT2D eigenvalue weighted by molar-refractivity contribution is 6.08. The molecule has 0 N–H and O–H groups in total. The van der Waals surface area contributed by atoms with Gasteiger partial charge in [-0.1, -0.05) is 18.2 Å². The Morgan fingerprint density at radius 2 is 1.75 bits per heavy atom. The summed E-state index contributed by atoms with van der Waals surface area (Å²) in [4.78, 5) is 7.41. The van der Waals surface area contributed by atoms with Crippen LogP contribution in [0.5, 0.6) is 0 Å². The molecular weight excluding hydrogens is 246 g/mol. The van der Waals surface area contributed by atoms with E-state index in [1.807, 2.05) is 0 Å². The van der Waals surface area contributed by atoms with Gasteiger partial charge in [0.15, 0.2) is 0 Å². The Balaban J connectivity index is 2.03. The van der Waals surface area contributed by atoms with E-state index in [0.29, 0.717) is 0 Å². The second kappa shape index (κ2) is 4.51. The summed E-state index contributed by atoms with van der Waals surface area (Å²) in [6.07, 6.45) is 6.06. The number of hydrogen-bond donors (Lipinski definition) is 0. The van der Waals surface area contributed by atoms with E-state index in [4.69, 9.17) is 4.98 Å². The first kappa shape index (κ1) is 11.8. The Hall–Kier alpha value is -2.03. The van der Waals surface area contributed by atoms with Gasteiger partial charge in [0.2, 0.25) is 0 Å². The van der Waals surface area contributed by atoms with Crippen molar-refractivity contribution >= 4 is 27.6 Å². The Morgan fingerprint density at radius 3 is 2.60 bits per heavy atom. The van der Waals surface area contributed by atoms with Crippen molar-refractivity contribution < 1.29 is 0 Å². The van der Waals surface area contributed by atoms with E-state index in [-0.39, 0.29) is 0 Å². The molecule has 3 heterocycles. The van der Waals surface area contributed by atoms with Gasteiger partial charge in [0.25, 0.3) is 0 Å². The quantitative estimate of drug-likeness (QED) is 0.668. The number of aromatic nitrogens is 2. The van der Waals surface area contributed by atoms with Crippen LogP contribution in [0.25, 0.3) is 21.8 Å². The second-order valence-corrected chi connectivity index (χ2v) is 5.69. The van der Waals surface area contributed by atoms with E-state index in [1.54, 1.807) is 0 Å². The summed E-state index contributed by atoms with van der Waals surface area (Å²) >= 11 is 0. The van der Waals surface area contributed by atoms with Crippen molar-refractivity contribution in [1.29, 1.82) is 0 Å². The van der Waals surface area contributed by atoms with E-state index in [1.165, 1.54) is 41.4 Å². The van der Waals surface area contributed by atoms with Crippen molar-refractivity contribution in [2.75, 3.05) is 18.0 Å². The fraction of sp³-hybridized carbons (Fsp3) is 0.353. The third-order valence-electron chi connectivity index (χ3n) is 4.35. The fourth-order valence-electron chi connectivity index (χ4n) is 3.34. The third kappa shape index (κ3) is 1.69. The average molecular weight is 265 g/mol. The minimum Gasteiger partial charge on any atom is -0.356 e. The van der Waals surface area contributed by atoms with Crippen molar-refractivity contribution in [2.24, 2.45) is 7.05 Å². The highest BCUT2D eigenvalue weighted by atomic mass is 15.2. The normalized spacial score (nSPS) is 16.1. The maximum atomic E-state index is 4.95. The molecule has 1 fully saturated rings. The third-order valence-corrected chi connectivity index (χ3v) is 4.35. The van der Waals surface area contributed by atoms with Gasteiger partial charge in [0.05, 0.1) is 11.0 Å². The van der Waals surface area contributed by atoms with Gasteiger partial charge in [-0.05, 0) is 31.4 Å². The molecule has 0 aliphatic carbocycles. The average Bonchev–Trinajstić information content (AvgIpc) is 2.90. The smallest absolute Gasteiger partial charge is 0.138 e. The molecule has 0 amide bonds. The largest absolute Gasteiger partial charge is 0.356 e. The summed E-state index contributed by atoms with van der Waals surface area (Å²) in [6.45, 7) is 2.27. The minimum absolute atomic E-state index is 1.10. The lowest BCUT2D eigenvalue weighted by molar-refractivity contribution is 0.575. The fourth-order valence-corrected chi connectivity index (χ4v) is 3.34. The van der Waals surface area contributed by atoms with Crippen LogP contribution in [0.1, 0.15) is 19.3 Å². The first-order valence-electron chi connectivity index (χ1n) is 7.43.